The summed E-state index contributed by atoms with van der Waals surface area (Å²) >= 11 is 0. The molecule has 0 spiro atoms. The average Bonchev–Trinajstić information content (AvgIpc) is 2.15. The first kappa shape index (κ1) is 12.9. The number of hydrogen-bond acceptors (Lipinski definition) is 3. The first-order chi connectivity index (χ1) is 7.22. The Kier molecular flexibility index (Phi) is 3.54. The Labute approximate surface area is 88.8 Å². The van der Waals surface area contributed by atoms with Crippen molar-refractivity contribution in [1.82, 2.24) is 0 Å². The molecule has 0 aliphatic rings. The van der Waals surface area contributed by atoms with Gasteiger partial charge in [0, 0.05) is 0 Å². The van der Waals surface area contributed by atoms with Gasteiger partial charge >= 0.3 is 15.6 Å². The minimum Gasteiger partial charge on any atom is -0.258 e. The van der Waals surface area contributed by atoms with Crippen molar-refractivity contribution in [3.05, 3.63) is 35.6 Å². The van der Waals surface area contributed by atoms with Crippen LogP contribution in [0.2, 0.25) is 0 Å². The van der Waals surface area contributed by atoms with E-state index < -0.39 is 28.1 Å². The topological polar surface area (TPSA) is 43.4 Å². The molecule has 0 fully saturated rings. The summed E-state index contributed by atoms with van der Waals surface area (Å²) in [6.07, 6.45) is 0. The molecule has 1 aromatic rings. The third-order valence-electron chi connectivity index (χ3n) is 1.58. The van der Waals surface area contributed by atoms with Crippen LogP contribution in [0.1, 0.15) is 5.56 Å². The smallest absolute Gasteiger partial charge is 0.258 e. The fourth-order valence-corrected chi connectivity index (χ4v) is 1.22. The Morgan fingerprint density at radius 3 is 2.06 bits per heavy atom. The minimum atomic E-state index is -5.60. The van der Waals surface area contributed by atoms with E-state index in [1.165, 1.54) is 0 Å². The Hall–Kier alpha value is -1.15. The summed E-state index contributed by atoms with van der Waals surface area (Å²) < 4.78 is 72.6. The molecule has 0 heterocycles. The van der Waals surface area contributed by atoms with Gasteiger partial charge in [-0.3, -0.25) is 4.18 Å². The summed E-state index contributed by atoms with van der Waals surface area (Å²) in [5, 5.41) is 0. The first-order valence-electron chi connectivity index (χ1n) is 3.92. The summed E-state index contributed by atoms with van der Waals surface area (Å²) in [5.74, 6) is -0.581. The second-order valence-electron chi connectivity index (χ2n) is 2.79. The van der Waals surface area contributed by atoms with Crippen molar-refractivity contribution in [3.8, 4) is 0 Å². The lowest BCUT2D eigenvalue weighted by atomic mass is 10.2. The molecular formula is C8H6F4O3S. The summed E-state index contributed by atoms with van der Waals surface area (Å²) in [7, 11) is -5.60. The van der Waals surface area contributed by atoms with Crippen LogP contribution in [-0.2, 0) is 20.9 Å². The van der Waals surface area contributed by atoms with Crippen LogP contribution in [0.25, 0.3) is 0 Å². The predicted molar refractivity (Wildman–Crippen MR) is 46.2 cm³/mol. The molecule has 8 heteroatoms. The molecule has 1 rings (SSSR count). The highest BCUT2D eigenvalue weighted by Crippen LogP contribution is 2.25. The Balaban J connectivity index is 2.69. The molecule has 1 aromatic carbocycles. The molecule has 0 radical (unpaired) electrons. The van der Waals surface area contributed by atoms with Gasteiger partial charge in [-0.2, -0.15) is 21.6 Å². The molecule has 16 heavy (non-hydrogen) atoms. The zero-order chi connectivity index (χ0) is 12.4. The van der Waals surface area contributed by atoms with Crippen molar-refractivity contribution in [2.24, 2.45) is 0 Å². The lowest BCUT2D eigenvalue weighted by molar-refractivity contribution is -0.0547. The van der Waals surface area contributed by atoms with E-state index in [0.29, 0.717) is 0 Å². The highest BCUT2D eigenvalue weighted by Gasteiger charge is 2.47. The predicted octanol–water partition coefficient (Wildman–Crippen LogP) is 2.19. The van der Waals surface area contributed by atoms with Gasteiger partial charge in [-0.15, -0.1) is 0 Å². The van der Waals surface area contributed by atoms with E-state index in [0.717, 1.165) is 24.3 Å². The van der Waals surface area contributed by atoms with E-state index in [4.69, 9.17) is 0 Å². The molecule has 0 bridgehead atoms. The summed E-state index contributed by atoms with van der Waals surface area (Å²) in [6.45, 7) is -0.790. The minimum absolute atomic E-state index is 0.120. The largest absolute Gasteiger partial charge is 0.523 e. The van der Waals surface area contributed by atoms with Crippen molar-refractivity contribution >= 4 is 10.1 Å². The summed E-state index contributed by atoms with van der Waals surface area (Å²) in [6, 6.07) is 4.22. The molecular weight excluding hydrogens is 252 g/mol. The Morgan fingerprint density at radius 2 is 1.62 bits per heavy atom. The maximum absolute atomic E-state index is 12.4. The second-order valence-corrected chi connectivity index (χ2v) is 4.40. The van der Waals surface area contributed by atoms with Crippen LogP contribution in [-0.4, -0.2) is 13.9 Å². The Bertz CT molecular complexity index is 449. The molecule has 0 N–H and O–H groups in total. The standard InChI is InChI=1S/C8H6F4O3S/c9-7-3-1-6(2-4-7)5-15-16(13,14)8(10,11)12/h1-4H,5H2. The van der Waals surface area contributed by atoms with Crippen molar-refractivity contribution < 1.29 is 30.2 Å². The maximum Gasteiger partial charge on any atom is 0.523 e. The molecule has 0 aliphatic carbocycles. The highest BCUT2D eigenvalue weighted by molar-refractivity contribution is 7.87. The van der Waals surface area contributed by atoms with Gasteiger partial charge in [0.1, 0.15) is 5.82 Å². The molecule has 0 unspecified atom stereocenters. The molecule has 0 saturated carbocycles. The van der Waals surface area contributed by atoms with Gasteiger partial charge in [-0.25, -0.2) is 4.39 Å². The monoisotopic (exact) mass is 258 g/mol. The van der Waals surface area contributed by atoms with E-state index in [2.05, 4.69) is 4.18 Å². The van der Waals surface area contributed by atoms with Crippen molar-refractivity contribution in [1.29, 1.82) is 0 Å². The second kappa shape index (κ2) is 4.38. The first-order valence-corrected chi connectivity index (χ1v) is 5.33. The molecule has 0 atom stereocenters. The molecule has 0 aromatic heterocycles. The molecule has 0 saturated heterocycles. The zero-order valence-corrected chi connectivity index (χ0v) is 8.48. The molecule has 0 amide bonds. The quantitative estimate of drug-likeness (QED) is 0.474. The van der Waals surface area contributed by atoms with E-state index in [1.54, 1.807) is 0 Å². The van der Waals surface area contributed by atoms with Crippen molar-refractivity contribution in [2.45, 2.75) is 12.1 Å². The van der Waals surface area contributed by atoms with Crippen LogP contribution in [0.4, 0.5) is 17.6 Å². The summed E-state index contributed by atoms with van der Waals surface area (Å²) in [4.78, 5) is 0. The number of rotatable bonds is 3. The van der Waals surface area contributed by atoms with Crippen molar-refractivity contribution in [2.75, 3.05) is 0 Å². The lowest BCUT2D eigenvalue weighted by Crippen LogP contribution is -2.25. The van der Waals surface area contributed by atoms with Crippen LogP contribution in [0.3, 0.4) is 0 Å². The van der Waals surface area contributed by atoms with E-state index >= 15 is 0 Å². The third-order valence-corrected chi connectivity index (χ3v) is 2.57. The number of alkyl halides is 3. The van der Waals surface area contributed by atoms with Gasteiger partial charge < -0.3 is 0 Å². The SMILES string of the molecule is O=S(=O)(OCc1ccc(F)cc1)C(F)(F)F. The van der Waals surface area contributed by atoms with Crippen molar-refractivity contribution in [3.63, 3.8) is 0 Å². The van der Waals surface area contributed by atoms with Gasteiger partial charge in [-0.05, 0) is 17.7 Å². The lowest BCUT2D eigenvalue weighted by Gasteiger charge is -2.07. The Morgan fingerprint density at radius 1 is 1.12 bits per heavy atom. The van der Waals surface area contributed by atoms with Gasteiger partial charge in [-0.1, -0.05) is 12.1 Å². The van der Waals surface area contributed by atoms with Crippen LogP contribution in [0, 0.1) is 5.82 Å². The van der Waals surface area contributed by atoms with Gasteiger partial charge in [0.05, 0.1) is 6.61 Å². The number of benzene rings is 1. The van der Waals surface area contributed by atoms with Crippen LogP contribution < -0.4 is 0 Å². The normalized spacial score (nSPS) is 12.8. The third kappa shape index (κ3) is 3.17. The van der Waals surface area contributed by atoms with E-state index in [-0.39, 0.29) is 5.56 Å². The van der Waals surface area contributed by atoms with Gasteiger partial charge in [0.25, 0.3) is 0 Å². The molecule has 3 nitrogen and oxygen atoms in total. The average molecular weight is 258 g/mol. The van der Waals surface area contributed by atoms with E-state index in [9.17, 15) is 26.0 Å². The fourth-order valence-electron chi connectivity index (χ4n) is 0.793. The van der Waals surface area contributed by atoms with E-state index in [1.807, 2.05) is 0 Å². The highest BCUT2D eigenvalue weighted by atomic mass is 32.2. The van der Waals surface area contributed by atoms with Gasteiger partial charge in [0.2, 0.25) is 0 Å². The van der Waals surface area contributed by atoms with Crippen LogP contribution >= 0.6 is 0 Å². The summed E-state index contributed by atoms with van der Waals surface area (Å²) in [5.41, 5.74) is -5.33. The van der Waals surface area contributed by atoms with Gasteiger partial charge in [0.15, 0.2) is 0 Å². The van der Waals surface area contributed by atoms with Crippen LogP contribution in [0.15, 0.2) is 24.3 Å². The molecule has 90 valence electrons. The fraction of sp³-hybridized carbons (Fsp3) is 0.250. The number of halogens is 4. The maximum atomic E-state index is 12.4. The zero-order valence-electron chi connectivity index (χ0n) is 7.66. The van der Waals surface area contributed by atoms with Crippen LogP contribution in [0.5, 0.6) is 0 Å². The number of hydrogen-bond donors (Lipinski definition) is 0. The molecule has 0 aliphatic heterocycles.